The molecule has 0 unspecified atom stereocenters. The van der Waals surface area contributed by atoms with Crippen LogP contribution in [0, 0.1) is 0 Å². The molecule has 4 rings (SSSR count). The van der Waals surface area contributed by atoms with E-state index in [4.69, 9.17) is 4.74 Å². The van der Waals surface area contributed by atoms with Crippen molar-refractivity contribution in [1.82, 2.24) is 5.32 Å². The Hall–Kier alpha value is -3.32. The molecule has 0 bridgehead atoms. The smallest absolute Gasteiger partial charge is 0.285 e. The lowest BCUT2D eigenvalue weighted by Crippen LogP contribution is -2.25. The van der Waals surface area contributed by atoms with Crippen molar-refractivity contribution in [3.8, 4) is 5.75 Å². The number of hydrogen-bond acceptors (Lipinski definition) is 5. The van der Waals surface area contributed by atoms with Crippen LogP contribution in [0.4, 0.5) is 5.69 Å². The predicted molar refractivity (Wildman–Crippen MR) is 118 cm³/mol. The highest BCUT2D eigenvalue weighted by molar-refractivity contribution is 7.90. The van der Waals surface area contributed by atoms with Gasteiger partial charge in [-0.25, -0.2) is 0 Å². The third kappa shape index (κ3) is 4.80. The molecule has 6 nitrogen and oxygen atoms in total. The molecule has 1 aliphatic heterocycles. The Morgan fingerprint density at radius 1 is 0.867 bits per heavy atom. The van der Waals surface area contributed by atoms with Crippen molar-refractivity contribution in [2.45, 2.75) is 17.9 Å². The molecule has 0 amide bonds. The Kier molecular flexibility index (Phi) is 5.99. The fourth-order valence-electron chi connectivity index (χ4n) is 3.21. The number of ether oxygens (including phenoxy) is 1. The van der Waals surface area contributed by atoms with Crippen molar-refractivity contribution in [3.63, 3.8) is 0 Å². The number of anilines is 1. The zero-order valence-electron chi connectivity index (χ0n) is 16.4. The van der Waals surface area contributed by atoms with E-state index in [2.05, 4.69) is 21.1 Å². The summed E-state index contributed by atoms with van der Waals surface area (Å²) in [5.74, 6) is 1.22. The molecule has 0 atom stereocenters. The van der Waals surface area contributed by atoms with Gasteiger partial charge in [0, 0.05) is 24.3 Å². The predicted octanol–water partition coefficient (Wildman–Crippen LogP) is 3.81. The zero-order valence-corrected chi connectivity index (χ0v) is 17.2. The van der Waals surface area contributed by atoms with E-state index < -0.39 is 10.0 Å². The molecular weight excluding hydrogens is 398 g/mol. The molecule has 0 saturated heterocycles. The van der Waals surface area contributed by atoms with Crippen LogP contribution in [0.3, 0.4) is 0 Å². The third-order valence-electron chi connectivity index (χ3n) is 4.68. The fraction of sp³-hybridized carbons (Fsp3) is 0.174. The number of fused-ring (bicyclic) bond motifs is 1. The van der Waals surface area contributed by atoms with Crippen molar-refractivity contribution in [2.24, 2.45) is 4.40 Å². The van der Waals surface area contributed by atoms with Crippen LogP contribution in [0.1, 0.15) is 17.5 Å². The van der Waals surface area contributed by atoms with Gasteiger partial charge in [0.15, 0.2) is 0 Å². The minimum absolute atomic E-state index is 0.254. The SMILES string of the molecule is O=S1(=O)N=C(NCCCOc2cccc(CNc3ccccc3)c2)c2ccccc21. The molecular formula is C23H23N3O3S. The van der Waals surface area contributed by atoms with Gasteiger partial charge in [-0.2, -0.15) is 8.42 Å². The summed E-state index contributed by atoms with van der Waals surface area (Å²) in [6, 6.07) is 24.9. The van der Waals surface area contributed by atoms with Crippen LogP contribution in [0.15, 0.2) is 88.2 Å². The number of hydrogen-bond donors (Lipinski definition) is 2. The highest BCUT2D eigenvalue weighted by atomic mass is 32.2. The largest absolute Gasteiger partial charge is 0.494 e. The Morgan fingerprint density at radius 2 is 1.67 bits per heavy atom. The summed E-state index contributed by atoms with van der Waals surface area (Å²) in [6.45, 7) is 1.80. The maximum absolute atomic E-state index is 12.1. The molecule has 30 heavy (non-hydrogen) atoms. The van der Waals surface area contributed by atoms with Crippen molar-refractivity contribution in [2.75, 3.05) is 18.5 Å². The maximum Gasteiger partial charge on any atom is 0.285 e. The van der Waals surface area contributed by atoms with Gasteiger partial charge in [-0.3, -0.25) is 0 Å². The van der Waals surface area contributed by atoms with Crippen LogP contribution in [0.5, 0.6) is 5.75 Å². The maximum atomic E-state index is 12.1. The van der Waals surface area contributed by atoms with Gasteiger partial charge in [0.25, 0.3) is 10.0 Å². The Labute approximate surface area is 176 Å². The van der Waals surface area contributed by atoms with Gasteiger partial charge in [0.2, 0.25) is 0 Å². The Bertz CT molecular complexity index is 1150. The number of para-hydroxylation sites is 1. The summed E-state index contributed by atoms with van der Waals surface area (Å²) in [6.07, 6.45) is 0.716. The van der Waals surface area contributed by atoms with Gasteiger partial charge in [-0.1, -0.05) is 42.5 Å². The molecule has 2 N–H and O–H groups in total. The second-order valence-electron chi connectivity index (χ2n) is 6.91. The normalized spacial score (nSPS) is 13.9. The number of sulfonamides is 1. The summed E-state index contributed by atoms with van der Waals surface area (Å²) in [5.41, 5.74) is 2.84. The highest BCUT2D eigenvalue weighted by Crippen LogP contribution is 2.24. The number of amidine groups is 1. The van der Waals surface area contributed by atoms with E-state index in [1.807, 2.05) is 48.5 Å². The molecule has 0 radical (unpaired) electrons. The van der Waals surface area contributed by atoms with E-state index in [0.29, 0.717) is 31.0 Å². The summed E-state index contributed by atoms with van der Waals surface area (Å²) in [5, 5.41) is 6.49. The summed E-state index contributed by atoms with van der Waals surface area (Å²) >= 11 is 0. The van der Waals surface area contributed by atoms with E-state index >= 15 is 0 Å². The van der Waals surface area contributed by atoms with Crippen LogP contribution < -0.4 is 15.4 Å². The quantitative estimate of drug-likeness (QED) is 0.541. The molecule has 3 aromatic rings. The first kappa shape index (κ1) is 20.0. The van der Waals surface area contributed by atoms with Crippen LogP contribution in [-0.4, -0.2) is 27.4 Å². The lowest BCUT2D eigenvalue weighted by Gasteiger charge is -2.10. The monoisotopic (exact) mass is 421 g/mol. The van der Waals surface area contributed by atoms with Crippen LogP contribution in [-0.2, 0) is 16.6 Å². The molecule has 1 aliphatic rings. The van der Waals surface area contributed by atoms with Gasteiger partial charge >= 0.3 is 0 Å². The molecule has 0 aliphatic carbocycles. The molecule has 0 saturated carbocycles. The van der Waals surface area contributed by atoms with Gasteiger partial charge < -0.3 is 15.4 Å². The van der Waals surface area contributed by atoms with E-state index in [-0.39, 0.29) is 4.90 Å². The minimum Gasteiger partial charge on any atom is -0.494 e. The van der Waals surface area contributed by atoms with Gasteiger partial charge in [-0.05, 0) is 48.4 Å². The molecule has 0 aromatic heterocycles. The number of benzene rings is 3. The lowest BCUT2D eigenvalue weighted by molar-refractivity contribution is 0.311. The first-order valence-corrected chi connectivity index (χ1v) is 11.2. The standard InChI is InChI=1S/C23H23N3O3S/c27-30(28)22-13-5-4-12-21(22)23(26-30)24-14-7-15-29-20-11-6-8-18(16-20)17-25-19-9-2-1-3-10-19/h1-6,8-13,16,25H,7,14-15,17H2,(H,24,26). The van der Waals surface area contributed by atoms with E-state index in [1.54, 1.807) is 24.3 Å². The van der Waals surface area contributed by atoms with Crippen molar-refractivity contribution in [1.29, 1.82) is 0 Å². The topological polar surface area (TPSA) is 79.8 Å². The summed E-state index contributed by atoms with van der Waals surface area (Å²) in [7, 11) is -3.58. The first-order chi connectivity index (χ1) is 14.6. The van der Waals surface area contributed by atoms with E-state index in [9.17, 15) is 8.42 Å². The average Bonchev–Trinajstić information content (AvgIpc) is 3.03. The molecule has 154 valence electrons. The van der Waals surface area contributed by atoms with Gasteiger partial charge in [0.05, 0.1) is 6.61 Å². The van der Waals surface area contributed by atoms with Crippen LogP contribution in [0.25, 0.3) is 0 Å². The first-order valence-electron chi connectivity index (χ1n) is 9.81. The van der Waals surface area contributed by atoms with Gasteiger partial charge in [-0.15, -0.1) is 4.40 Å². The third-order valence-corrected chi connectivity index (χ3v) is 6.02. The van der Waals surface area contributed by atoms with Crippen molar-refractivity contribution < 1.29 is 13.2 Å². The second-order valence-corrected chi connectivity index (χ2v) is 8.48. The van der Waals surface area contributed by atoms with Crippen molar-refractivity contribution >= 4 is 21.5 Å². The van der Waals surface area contributed by atoms with Crippen LogP contribution in [0.2, 0.25) is 0 Å². The minimum atomic E-state index is -3.58. The molecule has 0 fully saturated rings. The molecule has 1 heterocycles. The van der Waals surface area contributed by atoms with Gasteiger partial charge in [0.1, 0.15) is 16.5 Å². The second kappa shape index (κ2) is 9.00. The lowest BCUT2D eigenvalue weighted by atomic mass is 10.2. The van der Waals surface area contributed by atoms with E-state index in [1.165, 1.54) is 0 Å². The molecule has 3 aromatic carbocycles. The Morgan fingerprint density at radius 3 is 2.53 bits per heavy atom. The number of nitrogens with one attached hydrogen (secondary N) is 2. The summed E-state index contributed by atoms with van der Waals surface area (Å²) in [4.78, 5) is 0.254. The van der Waals surface area contributed by atoms with E-state index in [0.717, 1.165) is 23.5 Å². The zero-order chi connectivity index (χ0) is 20.8. The molecule has 0 spiro atoms. The van der Waals surface area contributed by atoms with Crippen molar-refractivity contribution in [3.05, 3.63) is 90.0 Å². The highest BCUT2D eigenvalue weighted by Gasteiger charge is 2.27. The van der Waals surface area contributed by atoms with Crippen LogP contribution >= 0.6 is 0 Å². The number of nitrogens with zero attached hydrogens (tertiary/aromatic N) is 1. The molecule has 7 heteroatoms. The number of rotatable bonds is 8. The average molecular weight is 422 g/mol. The summed E-state index contributed by atoms with van der Waals surface area (Å²) < 4.78 is 33.8. The fourth-order valence-corrected chi connectivity index (χ4v) is 4.40. The Balaban J connectivity index is 1.24.